The zero-order valence-corrected chi connectivity index (χ0v) is 68.3. The summed E-state index contributed by atoms with van der Waals surface area (Å²) < 4.78 is 0. The molecule has 0 amide bonds. The van der Waals surface area contributed by atoms with Crippen LogP contribution in [0.15, 0.2) is 431 Å². The molecule has 512 valence electrons. The van der Waals surface area contributed by atoms with Gasteiger partial charge < -0.3 is 27.0 Å². The van der Waals surface area contributed by atoms with Gasteiger partial charge >= 0.3 is 27.7 Å². The fourth-order valence-corrected chi connectivity index (χ4v) is 24.2. The fourth-order valence-electron chi connectivity index (χ4n) is 11.3. The molecule has 0 fully saturated rings. The van der Waals surface area contributed by atoms with Crippen LogP contribution in [0.1, 0.15) is 0 Å². The molecule has 15 rings (SSSR count). The third-order valence-electron chi connectivity index (χ3n) is 15.5. The monoisotopic (exact) mass is 1790 g/mol. The number of thiol groups is 2. The largest absolute Gasteiger partial charge is 0.813 e. The Morgan fingerprint density at radius 1 is 0.172 bits per heavy atom. The minimum absolute atomic E-state index is 0. The molecule has 0 spiro atoms. The topological polar surface area (TPSA) is 0 Å². The molecule has 0 bridgehead atoms. The van der Waals surface area contributed by atoms with Gasteiger partial charge in [-0.15, -0.1) is 48.5 Å². The van der Waals surface area contributed by atoms with Crippen LogP contribution in [0, 0.1) is 0 Å². The number of halogens is 1. The van der Waals surface area contributed by atoms with Gasteiger partial charge in [0.05, 0.1) is 50.4 Å². The molecule has 0 aromatic heterocycles. The third kappa shape index (κ3) is 26.3. The molecule has 0 saturated heterocycles. The van der Waals surface area contributed by atoms with Crippen molar-refractivity contribution in [2.75, 3.05) is 0 Å². The van der Waals surface area contributed by atoms with E-state index in [2.05, 4.69) is 458 Å². The van der Waals surface area contributed by atoms with Gasteiger partial charge in [-0.1, -0.05) is 200 Å². The van der Waals surface area contributed by atoms with Crippen molar-refractivity contribution in [1.29, 1.82) is 0 Å². The normalized spacial score (nSPS) is 9.90. The summed E-state index contributed by atoms with van der Waals surface area (Å²) in [7, 11) is 0.274. The Morgan fingerprint density at radius 2 is 0.273 bits per heavy atom. The minimum Gasteiger partial charge on any atom is -0.813 e. The van der Waals surface area contributed by atoms with Crippen LogP contribution in [0.2, 0.25) is 0 Å². The van der Waals surface area contributed by atoms with Crippen molar-refractivity contribution in [2.24, 2.45) is 0 Å². The average Bonchev–Trinajstić information content (AvgIpc) is 1.45. The van der Waals surface area contributed by atoms with Crippen molar-refractivity contribution in [2.45, 2.75) is 0 Å². The first-order valence-corrected chi connectivity index (χ1v) is 40.7. The van der Waals surface area contributed by atoms with Gasteiger partial charge in [0.1, 0.15) is 15.9 Å². The summed E-state index contributed by atoms with van der Waals surface area (Å²) in [6.07, 6.45) is 0. The molecular weight excluding hydrogens is 1720 g/mol. The SMILES string of the molecule is [Cl][Pd+].[Fe].[Fe].[Pd].[Pd].[SH-].[SH-].c1ccc([PH+](c2ccccc2)[c-]2cccc2)cc1.c1ccc([PH+](c2ccccc2)[c-]2cccc2)cc1.c1ccc([PH+](c2ccccc2)[c-]2cccc2)cc1.c1ccc([PH+](c2ccccc2)[c-]2cccc2)cc1.c1ccc([PH+](c2ccccc2)c2ccccc2)cc1. The molecule has 99 heavy (non-hydrogen) atoms. The molecule has 0 atom stereocenters. The summed E-state index contributed by atoms with van der Waals surface area (Å²) in [6.45, 7) is 0. The van der Waals surface area contributed by atoms with Crippen molar-refractivity contribution in [3.8, 4) is 0 Å². The van der Waals surface area contributed by atoms with Gasteiger partial charge in [-0.3, -0.25) is 0 Å². The Hall–Kier alpha value is -5.01. The number of hydrogen-bond acceptors (Lipinski definition) is 2. The molecule has 0 aliphatic rings. The van der Waals surface area contributed by atoms with Crippen LogP contribution in [-0.2, 0) is 120 Å². The Bertz CT molecular complexity index is 3620. The van der Waals surface area contributed by atoms with E-state index in [1.807, 2.05) is 0 Å². The molecule has 0 N–H and O–H groups in total. The average molecular weight is 1800 g/mol. The van der Waals surface area contributed by atoms with E-state index in [9.17, 15) is 0 Å². The molecule has 0 saturated carbocycles. The van der Waals surface area contributed by atoms with Gasteiger partial charge in [-0.2, -0.15) is 0 Å². The van der Waals surface area contributed by atoms with E-state index >= 15 is 0 Å². The molecule has 0 heterocycles. The van der Waals surface area contributed by atoms with Crippen molar-refractivity contribution in [1.82, 2.24) is 0 Å². The summed E-state index contributed by atoms with van der Waals surface area (Å²) in [5.41, 5.74) is 0. The van der Waals surface area contributed by atoms with Crippen molar-refractivity contribution in [3.63, 3.8) is 0 Å². The summed E-state index contributed by atoms with van der Waals surface area (Å²) in [5.74, 6) is 0. The molecule has 15 aromatic rings. The van der Waals surface area contributed by atoms with Crippen LogP contribution in [-0.4, -0.2) is 0 Å². The second-order valence-electron chi connectivity index (χ2n) is 21.6. The van der Waals surface area contributed by atoms with E-state index < -0.39 is 39.6 Å². The van der Waals surface area contributed by atoms with Crippen molar-refractivity contribution < 1.29 is 93.2 Å². The smallest absolute Gasteiger partial charge is 0.102 e. The molecular formula is C86H78ClFe2P5Pd3S2. The van der Waals surface area contributed by atoms with E-state index in [0.29, 0.717) is 0 Å². The van der Waals surface area contributed by atoms with Crippen LogP contribution in [0.25, 0.3) is 0 Å². The Morgan fingerprint density at radius 3 is 0.384 bits per heavy atom. The predicted molar refractivity (Wildman–Crippen MR) is 438 cm³/mol. The Kier molecular flexibility index (Phi) is 43.3. The summed E-state index contributed by atoms with van der Waals surface area (Å²) >= 11 is 2.22. The van der Waals surface area contributed by atoms with Crippen LogP contribution >= 0.6 is 49.1 Å². The number of hydrogen-bond donors (Lipinski definition) is 0. The van der Waals surface area contributed by atoms with Gasteiger partial charge in [0.2, 0.25) is 0 Å². The first-order chi connectivity index (χ1) is 46.2. The third-order valence-corrected chi connectivity index (χ3v) is 29.2. The Balaban J connectivity index is 0.000000257. The van der Waals surface area contributed by atoms with Crippen LogP contribution in [0.5, 0.6) is 0 Å². The molecule has 0 unspecified atom stereocenters. The second kappa shape index (κ2) is 49.6. The van der Waals surface area contributed by atoms with Gasteiger partial charge in [-0.25, -0.2) is 48.5 Å². The Labute approximate surface area is 672 Å². The van der Waals surface area contributed by atoms with Crippen molar-refractivity contribution in [3.05, 3.63) is 431 Å². The van der Waals surface area contributed by atoms with Gasteiger partial charge in [0.15, 0.2) is 0 Å². The van der Waals surface area contributed by atoms with Gasteiger partial charge in [0, 0.05) is 107 Å². The van der Waals surface area contributed by atoms with E-state index in [1.54, 1.807) is 0 Å². The maximum atomic E-state index is 4.49. The first kappa shape index (κ1) is 86.4. The maximum Gasteiger partial charge on any atom is 0.102 e. The van der Waals surface area contributed by atoms with Gasteiger partial charge in [-0.05, 0) is 155 Å². The summed E-state index contributed by atoms with van der Waals surface area (Å²) in [4.78, 5) is 0. The number of rotatable bonds is 15. The minimum atomic E-state index is -0.877. The quantitative estimate of drug-likeness (QED) is 0.0330. The van der Waals surface area contributed by atoms with E-state index in [0.717, 1.165) is 0 Å². The van der Waals surface area contributed by atoms with Crippen LogP contribution in [0.3, 0.4) is 0 Å². The standard InChI is InChI=1S/C18H15P.4C17H15P.ClH.2Fe.3Pd.2H2S/c1-4-10-16(11-5-1)19(17-12-6-2-7-13-17)18-14-8-3-9-15-18;4*1-3-9-15(10-4-1)18(17-13-7-8-14-17)16-11-5-2-6-12-16;;;;;;;;/h1-15H;4*1-14,18H;1H;;;;;;2*1H2/q;;;;;;;;;;+2;;/p-2. The summed E-state index contributed by atoms with van der Waals surface area (Å²) in [5, 5.41) is 21.7. The first-order valence-electron chi connectivity index (χ1n) is 31.2. The van der Waals surface area contributed by atoms with Crippen LogP contribution < -0.4 is 79.6 Å². The molecule has 0 nitrogen and oxygen atoms in total. The van der Waals surface area contributed by atoms with Crippen molar-refractivity contribution >= 4 is 156 Å². The predicted octanol–water partition coefficient (Wildman–Crippen LogP) is 14.9. The molecule has 0 radical (unpaired) electrons. The van der Waals surface area contributed by atoms with Gasteiger partial charge in [0.25, 0.3) is 0 Å². The van der Waals surface area contributed by atoms with E-state index in [4.69, 9.17) is 0 Å². The molecule has 0 aliphatic heterocycles. The maximum absolute atomic E-state index is 4.49. The molecule has 0 aliphatic carbocycles. The molecule has 13 heteroatoms. The zero-order valence-electron chi connectivity index (χ0n) is 53.9. The number of benzene rings is 11. The fraction of sp³-hybridized carbons (Fsp3) is 0. The summed E-state index contributed by atoms with van der Waals surface area (Å²) in [6, 6.07) is 154. The zero-order chi connectivity index (χ0) is 63.8. The van der Waals surface area contributed by atoms with E-state index in [1.165, 1.54) is 79.6 Å². The van der Waals surface area contributed by atoms with E-state index in [-0.39, 0.29) is 102 Å². The van der Waals surface area contributed by atoms with Crippen LogP contribution in [0.4, 0.5) is 0 Å². The molecule has 15 aromatic carbocycles. The second-order valence-corrected chi connectivity index (χ2v) is 34.0.